The minimum atomic E-state index is -4.51. The molecule has 0 saturated heterocycles. The summed E-state index contributed by atoms with van der Waals surface area (Å²) in [4.78, 5) is 1.55. The first-order valence-corrected chi connectivity index (χ1v) is 6.36. The van der Waals surface area contributed by atoms with Gasteiger partial charge in [-0.05, 0) is 20.2 Å². The molecule has 0 amide bonds. The summed E-state index contributed by atoms with van der Waals surface area (Å²) in [5.74, 6) is -2.03. The molecule has 0 aliphatic carbocycles. The van der Waals surface area contributed by atoms with Crippen LogP contribution in [0.25, 0.3) is 0 Å². The summed E-state index contributed by atoms with van der Waals surface area (Å²) < 4.78 is 38.0. The first-order valence-electron chi connectivity index (χ1n) is 4.97. The highest BCUT2D eigenvalue weighted by molar-refractivity contribution is 7.98. The van der Waals surface area contributed by atoms with Crippen LogP contribution in [0, 0.1) is 5.92 Å². The van der Waals surface area contributed by atoms with Crippen molar-refractivity contribution >= 4 is 17.6 Å². The number of nitrogens with zero attached hydrogens (tertiary/aromatic N) is 2. The highest BCUT2D eigenvalue weighted by Crippen LogP contribution is 2.27. The van der Waals surface area contributed by atoms with Crippen LogP contribution in [-0.4, -0.2) is 53.8 Å². The highest BCUT2D eigenvalue weighted by Gasteiger charge is 2.43. The Kier molecular flexibility index (Phi) is 6.69. The van der Waals surface area contributed by atoms with Crippen LogP contribution in [0.3, 0.4) is 0 Å². The van der Waals surface area contributed by atoms with E-state index in [4.69, 9.17) is 10.9 Å². The van der Waals surface area contributed by atoms with Crippen LogP contribution in [0.2, 0.25) is 0 Å². The lowest BCUT2D eigenvalue weighted by atomic mass is 10.1. The summed E-state index contributed by atoms with van der Waals surface area (Å²) in [6.45, 7) is 1.51. The van der Waals surface area contributed by atoms with E-state index in [2.05, 4.69) is 5.16 Å². The van der Waals surface area contributed by atoms with Crippen LogP contribution >= 0.6 is 11.8 Å². The van der Waals surface area contributed by atoms with Crippen molar-refractivity contribution < 1.29 is 18.4 Å². The van der Waals surface area contributed by atoms with Crippen molar-refractivity contribution in [2.45, 2.75) is 19.1 Å². The molecule has 3 N–H and O–H groups in total. The number of alkyl halides is 3. The van der Waals surface area contributed by atoms with Crippen molar-refractivity contribution in [2.75, 3.05) is 25.6 Å². The van der Waals surface area contributed by atoms with E-state index in [1.807, 2.05) is 13.2 Å². The number of nitrogens with two attached hydrogens (primary N) is 1. The lowest BCUT2D eigenvalue weighted by Gasteiger charge is -2.29. The van der Waals surface area contributed by atoms with Crippen LogP contribution in [-0.2, 0) is 0 Å². The zero-order chi connectivity index (χ0) is 13.6. The second-order valence-corrected chi connectivity index (χ2v) is 4.77. The molecule has 0 aromatic heterocycles. The molecule has 0 aromatic carbocycles. The smallest absolute Gasteiger partial charge is 0.400 e. The Balaban J connectivity index is 4.66. The fourth-order valence-electron chi connectivity index (χ4n) is 1.27. The van der Waals surface area contributed by atoms with Crippen LogP contribution < -0.4 is 5.73 Å². The predicted octanol–water partition coefficient (Wildman–Crippen LogP) is 1.59. The van der Waals surface area contributed by atoms with Crippen molar-refractivity contribution in [2.24, 2.45) is 16.8 Å². The topological polar surface area (TPSA) is 61.8 Å². The van der Waals surface area contributed by atoms with Crippen LogP contribution in [0.4, 0.5) is 13.2 Å². The normalized spacial score (nSPS) is 17.2. The number of amidine groups is 1. The quantitative estimate of drug-likeness (QED) is 0.334. The molecule has 2 unspecified atom stereocenters. The number of thioether (sulfide) groups is 1. The fourth-order valence-corrected chi connectivity index (χ4v) is 2.01. The van der Waals surface area contributed by atoms with E-state index in [-0.39, 0.29) is 12.6 Å². The van der Waals surface area contributed by atoms with Crippen molar-refractivity contribution in [1.82, 2.24) is 4.90 Å². The maximum atomic E-state index is 12.7. The second-order valence-electron chi connectivity index (χ2n) is 3.86. The molecule has 0 rings (SSSR count). The minimum absolute atomic E-state index is 0.0126. The summed E-state index contributed by atoms with van der Waals surface area (Å²) in [5.41, 5.74) is 5.07. The summed E-state index contributed by atoms with van der Waals surface area (Å²) >= 11 is 1.55. The molecule has 17 heavy (non-hydrogen) atoms. The molecule has 0 aromatic rings. The number of oxime groups is 1. The summed E-state index contributed by atoms with van der Waals surface area (Å²) in [5, 5.41) is 10.8. The van der Waals surface area contributed by atoms with Gasteiger partial charge in [-0.25, -0.2) is 0 Å². The van der Waals surface area contributed by atoms with Gasteiger partial charge in [0.25, 0.3) is 0 Å². The third-order valence-corrected chi connectivity index (χ3v) is 3.31. The van der Waals surface area contributed by atoms with Crippen molar-refractivity contribution in [3.63, 3.8) is 0 Å². The second kappa shape index (κ2) is 6.95. The van der Waals surface area contributed by atoms with Gasteiger partial charge >= 0.3 is 6.18 Å². The molecule has 0 radical (unpaired) electrons. The van der Waals surface area contributed by atoms with Gasteiger partial charge in [0.05, 0.1) is 0 Å². The van der Waals surface area contributed by atoms with Crippen LogP contribution in [0.15, 0.2) is 5.16 Å². The van der Waals surface area contributed by atoms with Gasteiger partial charge < -0.3 is 15.8 Å². The first-order chi connectivity index (χ1) is 7.73. The fraction of sp³-hybridized carbons (Fsp3) is 0.889. The van der Waals surface area contributed by atoms with Gasteiger partial charge in [0.2, 0.25) is 0 Å². The summed E-state index contributed by atoms with van der Waals surface area (Å²) in [6.07, 6.45) is -2.63. The number of rotatable bonds is 6. The van der Waals surface area contributed by atoms with Crippen molar-refractivity contribution in [3.8, 4) is 0 Å². The van der Waals surface area contributed by atoms with E-state index in [9.17, 15) is 13.2 Å². The van der Waals surface area contributed by atoms with Crippen molar-refractivity contribution in [3.05, 3.63) is 0 Å². The third kappa shape index (κ3) is 5.49. The first kappa shape index (κ1) is 16.4. The van der Waals surface area contributed by atoms with Crippen molar-refractivity contribution in [1.29, 1.82) is 0 Å². The van der Waals surface area contributed by atoms with E-state index in [1.165, 1.54) is 0 Å². The highest BCUT2D eigenvalue weighted by atomic mass is 32.2. The molecule has 2 atom stereocenters. The number of hydrogen-bond donors (Lipinski definition) is 2. The Labute approximate surface area is 103 Å². The molecular weight excluding hydrogens is 255 g/mol. The van der Waals surface area contributed by atoms with E-state index in [0.717, 1.165) is 5.75 Å². The molecule has 0 saturated carbocycles. The Hall–Kier alpha value is -0.630. The van der Waals surface area contributed by atoms with Crippen LogP contribution in [0.5, 0.6) is 0 Å². The van der Waals surface area contributed by atoms with Gasteiger partial charge in [-0.1, -0.05) is 5.16 Å². The Morgan fingerprint density at radius 1 is 1.53 bits per heavy atom. The number of hydrogen-bond acceptors (Lipinski definition) is 4. The maximum absolute atomic E-state index is 12.7. The van der Waals surface area contributed by atoms with Gasteiger partial charge in [-0.3, -0.25) is 0 Å². The summed E-state index contributed by atoms with van der Waals surface area (Å²) in [6, 6.07) is -0.0126. The Morgan fingerprint density at radius 2 is 2.06 bits per heavy atom. The predicted molar refractivity (Wildman–Crippen MR) is 63.4 cm³/mol. The number of halogens is 3. The largest absolute Gasteiger partial charge is 0.409 e. The van der Waals surface area contributed by atoms with Gasteiger partial charge in [0, 0.05) is 18.3 Å². The summed E-state index contributed by atoms with van der Waals surface area (Å²) in [7, 11) is 1.59. The average Bonchev–Trinajstić information content (AvgIpc) is 2.23. The van der Waals surface area contributed by atoms with Gasteiger partial charge in [0.15, 0.2) is 5.84 Å². The van der Waals surface area contributed by atoms with E-state index >= 15 is 0 Å². The Morgan fingerprint density at radius 3 is 2.41 bits per heavy atom. The minimum Gasteiger partial charge on any atom is -0.409 e. The molecule has 4 nitrogen and oxygen atoms in total. The molecule has 8 heteroatoms. The average molecular weight is 273 g/mol. The lowest BCUT2D eigenvalue weighted by Crippen LogP contribution is -2.46. The molecule has 0 bridgehead atoms. The van der Waals surface area contributed by atoms with E-state index in [1.54, 1.807) is 23.7 Å². The Bertz CT molecular complexity index is 260. The molecule has 0 aliphatic rings. The SMILES string of the molecule is CSCC(C)N(C)CC(C(N)=NO)C(F)(F)F. The molecule has 102 valence electrons. The van der Waals surface area contributed by atoms with Gasteiger partial charge in [-0.2, -0.15) is 24.9 Å². The molecule has 0 spiro atoms. The maximum Gasteiger partial charge on any atom is 0.400 e. The molecule has 0 fully saturated rings. The van der Waals surface area contributed by atoms with Gasteiger partial charge in [-0.15, -0.1) is 0 Å². The zero-order valence-electron chi connectivity index (χ0n) is 10.0. The molecule has 0 heterocycles. The lowest BCUT2D eigenvalue weighted by molar-refractivity contribution is -0.160. The van der Waals surface area contributed by atoms with E-state index < -0.39 is 17.9 Å². The van der Waals surface area contributed by atoms with Crippen LogP contribution in [0.1, 0.15) is 6.92 Å². The zero-order valence-corrected chi connectivity index (χ0v) is 10.8. The molecular formula is C9H18F3N3OS. The van der Waals surface area contributed by atoms with E-state index in [0.29, 0.717) is 0 Å². The third-order valence-electron chi connectivity index (χ3n) is 2.50. The molecule has 0 aliphatic heterocycles. The van der Waals surface area contributed by atoms with Gasteiger partial charge in [0.1, 0.15) is 5.92 Å². The standard InChI is InChI=1S/C9H18F3N3OS/c1-6(5-17-3)15(2)4-7(8(13)14-16)9(10,11)12/h6-7,16H,4-5H2,1-3H3,(H2,13,14). The monoisotopic (exact) mass is 273 g/mol.